The number of benzene rings is 1. The van der Waals surface area contributed by atoms with E-state index in [2.05, 4.69) is 4.72 Å². The van der Waals surface area contributed by atoms with Crippen LogP contribution >= 0.6 is 23.2 Å². The van der Waals surface area contributed by atoms with Crippen LogP contribution in [0.2, 0.25) is 10.0 Å². The molecule has 0 unspecified atom stereocenters. The molecule has 1 aliphatic rings. The van der Waals surface area contributed by atoms with Crippen LogP contribution in [0.15, 0.2) is 6.07 Å². The summed E-state index contributed by atoms with van der Waals surface area (Å²) in [4.78, 5) is 14.0. The molecule has 0 saturated carbocycles. The van der Waals surface area contributed by atoms with E-state index in [-0.39, 0.29) is 27.3 Å². The van der Waals surface area contributed by atoms with Gasteiger partial charge in [-0.1, -0.05) is 23.2 Å². The van der Waals surface area contributed by atoms with E-state index in [1.54, 1.807) is 46.4 Å². The number of phenols is 1. The van der Waals surface area contributed by atoms with Crippen molar-refractivity contribution in [2.24, 2.45) is 5.92 Å². The third-order valence-corrected chi connectivity index (χ3v) is 7.29. The van der Waals surface area contributed by atoms with Crippen molar-refractivity contribution in [3.63, 3.8) is 0 Å². The summed E-state index contributed by atoms with van der Waals surface area (Å²) < 4.78 is 35.7. The normalized spacial score (nSPS) is 18.0. The average Bonchev–Trinajstić information content (AvgIpc) is 2.63. The fraction of sp³-hybridized carbons (Fsp3) is 0.667. The number of halogens is 3. The summed E-state index contributed by atoms with van der Waals surface area (Å²) in [5.74, 6) is -1.41. The number of hydrogen-bond acceptors (Lipinski definition) is 4. The molecule has 1 heterocycles. The molecule has 2 atom stereocenters. The van der Waals surface area contributed by atoms with Gasteiger partial charge < -0.3 is 14.7 Å². The molecular weight excluding hydrogens is 466 g/mol. The molecule has 1 aliphatic heterocycles. The van der Waals surface area contributed by atoms with Crippen LogP contribution in [0.3, 0.4) is 0 Å². The Kier molecular flexibility index (Phi) is 8.28. The largest absolute Gasteiger partial charge is 0.507 e. The monoisotopic (exact) mass is 496 g/mol. The maximum absolute atomic E-state index is 15.1. The van der Waals surface area contributed by atoms with Crippen molar-refractivity contribution in [3.8, 4) is 5.75 Å². The van der Waals surface area contributed by atoms with E-state index in [0.717, 1.165) is 0 Å². The topological polar surface area (TPSA) is 78.9 Å². The summed E-state index contributed by atoms with van der Waals surface area (Å²) in [6.07, 6.45) is 0.590. The van der Waals surface area contributed by atoms with Gasteiger partial charge in [0.25, 0.3) is 0 Å². The number of ether oxygens (including phenoxy) is 1. The lowest BCUT2D eigenvalue weighted by Gasteiger charge is -2.38. The molecule has 0 radical (unpaired) electrons. The predicted molar refractivity (Wildman–Crippen MR) is 122 cm³/mol. The number of likely N-dealkylation sites (tertiary alicyclic amines) is 1. The average molecular weight is 497 g/mol. The maximum atomic E-state index is 15.1. The summed E-state index contributed by atoms with van der Waals surface area (Å²) in [7, 11) is -1.54. The summed E-state index contributed by atoms with van der Waals surface area (Å²) in [6, 6.07) is 0.405. The van der Waals surface area contributed by atoms with Crippen molar-refractivity contribution in [1.29, 1.82) is 0 Å². The number of rotatable bonds is 4. The van der Waals surface area contributed by atoms with Gasteiger partial charge in [0.1, 0.15) is 11.4 Å². The smallest absolute Gasteiger partial charge is 0.410 e. The first-order valence-corrected chi connectivity index (χ1v) is 12.0. The molecule has 0 spiro atoms. The number of nitrogens with zero attached hydrogens (tertiary/aromatic N) is 1. The molecule has 31 heavy (non-hydrogen) atoms. The number of piperidine rings is 1. The molecule has 0 aliphatic carbocycles. The quantitative estimate of drug-likeness (QED) is 0.533. The Morgan fingerprint density at radius 1 is 1.26 bits per heavy atom. The van der Waals surface area contributed by atoms with Crippen LogP contribution in [-0.2, 0) is 15.7 Å². The summed E-state index contributed by atoms with van der Waals surface area (Å²) >= 11 is 11.9. The highest BCUT2D eigenvalue weighted by Gasteiger charge is 2.37. The van der Waals surface area contributed by atoms with Gasteiger partial charge in [-0.05, 0) is 60.3 Å². The molecule has 176 valence electrons. The highest BCUT2D eigenvalue weighted by Crippen LogP contribution is 2.42. The minimum absolute atomic E-state index is 0.0669. The molecule has 6 nitrogen and oxygen atoms in total. The molecule has 2 rings (SSSR count). The first-order chi connectivity index (χ1) is 14.1. The Morgan fingerprint density at radius 3 is 2.29 bits per heavy atom. The van der Waals surface area contributed by atoms with Crippen molar-refractivity contribution < 1.29 is 23.2 Å². The lowest BCUT2D eigenvalue weighted by molar-refractivity contribution is 0.0171. The molecule has 0 bridgehead atoms. The molecule has 1 fully saturated rings. The first-order valence-electron chi connectivity index (χ1n) is 10.1. The number of phenolic OH excluding ortho intramolecular Hbond substituents is 1. The molecule has 2 N–H and O–H groups in total. The second kappa shape index (κ2) is 9.81. The van der Waals surface area contributed by atoms with Crippen molar-refractivity contribution in [1.82, 2.24) is 9.62 Å². The highest BCUT2D eigenvalue weighted by molar-refractivity contribution is 7.84. The van der Waals surface area contributed by atoms with E-state index < -0.39 is 39.3 Å². The van der Waals surface area contributed by atoms with Crippen LogP contribution < -0.4 is 4.72 Å². The molecule has 1 saturated heterocycles. The lowest BCUT2D eigenvalue weighted by atomic mass is 9.85. The van der Waals surface area contributed by atoms with E-state index in [1.807, 2.05) is 0 Å². The molecule has 1 amide bonds. The van der Waals surface area contributed by atoms with Gasteiger partial charge >= 0.3 is 6.09 Å². The number of amides is 1. The molecule has 10 heteroatoms. The summed E-state index contributed by atoms with van der Waals surface area (Å²) in [5.41, 5.74) is -0.668. The fourth-order valence-electron chi connectivity index (χ4n) is 3.32. The number of aromatic hydroxyl groups is 1. The Morgan fingerprint density at radius 2 is 1.81 bits per heavy atom. The molecule has 1 aromatic carbocycles. The van der Waals surface area contributed by atoms with Crippen LogP contribution in [0.5, 0.6) is 5.75 Å². The summed E-state index contributed by atoms with van der Waals surface area (Å²) in [6.45, 7) is 11.6. The number of carbonyl (C=O) groups is 1. The molecular formula is C21H31Cl2FN2O4S. The van der Waals surface area contributed by atoms with Crippen molar-refractivity contribution in [3.05, 3.63) is 27.5 Å². The summed E-state index contributed by atoms with van der Waals surface area (Å²) in [5, 5.41) is 10.1. The zero-order chi connectivity index (χ0) is 23.7. The van der Waals surface area contributed by atoms with E-state index in [4.69, 9.17) is 27.9 Å². The minimum atomic E-state index is -1.54. The van der Waals surface area contributed by atoms with Gasteiger partial charge in [-0.3, -0.25) is 0 Å². The van der Waals surface area contributed by atoms with E-state index in [0.29, 0.717) is 25.9 Å². The SMILES string of the molecule is CC(C)(C)OC(=O)N1CCC([C@@H](N[S@@](=O)C(C)(C)C)c2c(O)cc(Cl)c(Cl)c2F)CC1. The van der Waals surface area contributed by atoms with E-state index in [1.165, 1.54) is 6.07 Å². The zero-order valence-electron chi connectivity index (χ0n) is 18.7. The third kappa shape index (κ3) is 6.70. The number of hydrogen-bond donors (Lipinski definition) is 2. The van der Waals surface area contributed by atoms with Crippen LogP contribution in [-0.4, -0.2) is 43.7 Å². The van der Waals surface area contributed by atoms with Gasteiger partial charge in [0.2, 0.25) is 0 Å². The second-order valence-corrected chi connectivity index (χ2v) is 12.5. The van der Waals surface area contributed by atoms with E-state index in [9.17, 15) is 14.1 Å². The van der Waals surface area contributed by atoms with Crippen LogP contribution in [0.1, 0.15) is 66.0 Å². The predicted octanol–water partition coefficient (Wildman–Crippen LogP) is 5.58. The van der Waals surface area contributed by atoms with Gasteiger partial charge in [-0.25, -0.2) is 18.1 Å². The van der Waals surface area contributed by atoms with Gasteiger partial charge in [-0.15, -0.1) is 0 Å². The Bertz CT molecular complexity index is 847. The zero-order valence-corrected chi connectivity index (χ0v) is 21.1. The van der Waals surface area contributed by atoms with Gasteiger partial charge in [0, 0.05) is 24.7 Å². The van der Waals surface area contributed by atoms with Gasteiger partial charge in [0.15, 0.2) is 5.82 Å². The maximum Gasteiger partial charge on any atom is 0.410 e. The Hall–Kier alpha value is -1.09. The Balaban J connectivity index is 2.31. The second-order valence-electron chi connectivity index (χ2n) is 9.70. The fourth-order valence-corrected chi connectivity index (χ4v) is 4.55. The number of nitrogens with one attached hydrogen (secondary N) is 1. The number of carbonyl (C=O) groups excluding carboxylic acids is 1. The van der Waals surface area contributed by atoms with Crippen molar-refractivity contribution >= 4 is 40.3 Å². The lowest BCUT2D eigenvalue weighted by Crippen LogP contribution is -2.45. The van der Waals surface area contributed by atoms with Gasteiger partial charge in [0.05, 0.1) is 31.8 Å². The minimum Gasteiger partial charge on any atom is -0.507 e. The Labute approximate surface area is 196 Å². The van der Waals surface area contributed by atoms with Crippen molar-refractivity contribution in [2.75, 3.05) is 13.1 Å². The first kappa shape index (κ1) is 26.2. The molecule has 0 aromatic heterocycles. The third-order valence-electron chi connectivity index (χ3n) is 4.94. The standard InChI is InChI=1S/C21H31Cl2FN2O4S/c1-20(2,3)30-19(28)26-9-7-12(8-10-26)18(25-31(29)21(4,5)6)15-14(27)11-13(22)16(23)17(15)24/h11-12,18,25,27H,7-10H2,1-6H3/t18-,31+/m1/s1. The molecule has 1 aromatic rings. The van der Waals surface area contributed by atoms with Crippen LogP contribution in [0.25, 0.3) is 0 Å². The van der Waals surface area contributed by atoms with E-state index >= 15 is 4.39 Å². The van der Waals surface area contributed by atoms with Crippen LogP contribution in [0, 0.1) is 11.7 Å². The highest BCUT2D eigenvalue weighted by atomic mass is 35.5. The van der Waals surface area contributed by atoms with Crippen molar-refractivity contribution in [2.45, 2.75) is 70.8 Å². The van der Waals surface area contributed by atoms with Gasteiger partial charge in [-0.2, -0.15) is 0 Å². The van der Waals surface area contributed by atoms with Crippen LogP contribution in [0.4, 0.5) is 9.18 Å².